The van der Waals surface area contributed by atoms with E-state index < -0.39 is 5.97 Å². The van der Waals surface area contributed by atoms with Crippen molar-refractivity contribution in [3.05, 3.63) is 60.2 Å². The third-order valence-electron chi connectivity index (χ3n) is 3.94. The second-order valence-corrected chi connectivity index (χ2v) is 6.40. The number of carbonyl (C=O) groups is 1. The molecule has 0 spiro atoms. The quantitative estimate of drug-likeness (QED) is 0.798. The number of aliphatic carboxylic acids is 1. The van der Waals surface area contributed by atoms with E-state index >= 15 is 0 Å². The third kappa shape index (κ3) is 3.28. The fourth-order valence-electron chi connectivity index (χ4n) is 3.01. The molecule has 0 aliphatic heterocycles. The van der Waals surface area contributed by atoms with Crippen molar-refractivity contribution in [3.8, 4) is 0 Å². The predicted octanol–water partition coefficient (Wildman–Crippen LogP) is 5.17. The van der Waals surface area contributed by atoms with Crippen LogP contribution in [0.2, 0.25) is 0 Å². The third-order valence-corrected chi connectivity index (χ3v) is 3.94. The second-order valence-electron chi connectivity index (χ2n) is 6.40. The van der Waals surface area contributed by atoms with E-state index in [1.54, 1.807) is 0 Å². The van der Waals surface area contributed by atoms with Crippen LogP contribution in [0.3, 0.4) is 0 Å². The molecule has 0 aromatic heterocycles. The van der Waals surface area contributed by atoms with Gasteiger partial charge in [-0.1, -0.05) is 63.4 Å². The first-order chi connectivity index (χ1) is 10.4. The van der Waals surface area contributed by atoms with E-state index in [9.17, 15) is 4.79 Å². The van der Waals surface area contributed by atoms with E-state index in [-0.39, 0.29) is 11.8 Å². The molecule has 0 aliphatic carbocycles. The van der Waals surface area contributed by atoms with Gasteiger partial charge in [-0.15, -0.1) is 0 Å². The zero-order valence-corrected chi connectivity index (χ0v) is 13.2. The van der Waals surface area contributed by atoms with Gasteiger partial charge in [0.05, 0.1) is 6.42 Å². The lowest BCUT2D eigenvalue weighted by Crippen LogP contribution is -2.20. The van der Waals surface area contributed by atoms with Crippen molar-refractivity contribution >= 4 is 28.9 Å². The Morgan fingerprint density at radius 2 is 1.91 bits per heavy atom. The summed E-state index contributed by atoms with van der Waals surface area (Å²) in [6.07, 6.45) is 4.49. The number of fused-ring (bicyclic) bond motifs is 1. The molecule has 0 fully saturated rings. The van der Waals surface area contributed by atoms with E-state index in [0.717, 1.165) is 27.5 Å². The Hall–Kier alpha value is -2.35. The van der Waals surface area contributed by atoms with Crippen molar-refractivity contribution < 1.29 is 9.90 Å². The Balaban J connectivity index is 2.66. The van der Waals surface area contributed by atoms with Gasteiger partial charge in [0.2, 0.25) is 0 Å². The molecule has 2 nitrogen and oxygen atoms in total. The molecular formula is C20H22O2. The summed E-state index contributed by atoms with van der Waals surface area (Å²) < 4.78 is 0. The monoisotopic (exact) mass is 294 g/mol. The summed E-state index contributed by atoms with van der Waals surface area (Å²) in [4.78, 5) is 11.1. The van der Waals surface area contributed by atoms with Crippen molar-refractivity contribution in [2.24, 2.45) is 5.41 Å². The van der Waals surface area contributed by atoms with Gasteiger partial charge in [0, 0.05) is 0 Å². The summed E-state index contributed by atoms with van der Waals surface area (Å²) in [5.74, 6) is -0.769. The molecule has 0 unspecified atom stereocenters. The minimum absolute atomic E-state index is 0.135. The number of carboxylic acids is 1. The maximum absolute atomic E-state index is 11.1. The van der Waals surface area contributed by atoms with Gasteiger partial charge < -0.3 is 5.11 Å². The zero-order valence-electron chi connectivity index (χ0n) is 13.2. The molecule has 0 heterocycles. The molecule has 0 saturated carbocycles. The molecule has 2 rings (SSSR count). The van der Waals surface area contributed by atoms with E-state index in [4.69, 9.17) is 5.11 Å². The van der Waals surface area contributed by atoms with Gasteiger partial charge in [-0.3, -0.25) is 4.79 Å². The first kappa shape index (κ1) is 16.0. The van der Waals surface area contributed by atoms with Gasteiger partial charge in [-0.05, 0) is 45.4 Å². The molecule has 22 heavy (non-hydrogen) atoms. The first-order valence-corrected chi connectivity index (χ1v) is 7.39. The van der Waals surface area contributed by atoms with E-state index in [1.165, 1.54) is 0 Å². The molecule has 0 bridgehead atoms. The molecule has 2 heteroatoms. The van der Waals surface area contributed by atoms with Crippen LogP contribution in [-0.2, 0) is 11.2 Å². The van der Waals surface area contributed by atoms with Gasteiger partial charge in [0.1, 0.15) is 0 Å². The van der Waals surface area contributed by atoms with Crippen LogP contribution in [0.5, 0.6) is 0 Å². The Bertz CT molecular complexity index is 739. The smallest absolute Gasteiger partial charge is 0.303 e. The average molecular weight is 294 g/mol. The van der Waals surface area contributed by atoms with Crippen molar-refractivity contribution in [1.82, 2.24) is 0 Å². The fraction of sp³-hybridized carbons (Fsp3) is 0.250. The lowest BCUT2D eigenvalue weighted by atomic mass is 9.79. The number of carboxylic acid groups (broad SMARTS) is 1. The van der Waals surface area contributed by atoms with Gasteiger partial charge in [0.25, 0.3) is 0 Å². The van der Waals surface area contributed by atoms with Crippen molar-refractivity contribution in [1.29, 1.82) is 0 Å². The van der Waals surface area contributed by atoms with Gasteiger partial charge in [-0.2, -0.15) is 0 Å². The molecule has 0 atom stereocenters. The molecule has 0 amide bonds. The van der Waals surface area contributed by atoms with Crippen LogP contribution >= 0.6 is 0 Å². The summed E-state index contributed by atoms with van der Waals surface area (Å²) in [5, 5.41) is 11.4. The van der Waals surface area contributed by atoms with Crippen molar-refractivity contribution in [2.45, 2.75) is 26.7 Å². The fourth-order valence-corrected chi connectivity index (χ4v) is 3.01. The summed E-state index contributed by atoms with van der Waals surface area (Å²) in [7, 11) is 0. The van der Waals surface area contributed by atoms with E-state index in [1.807, 2.05) is 38.1 Å². The van der Waals surface area contributed by atoms with Crippen LogP contribution in [0.1, 0.15) is 37.0 Å². The Kier molecular flexibility index (Phi) is 4.51. The molecule has 0 saturated heterocycles. The van der Waals surface area contributed by atoms with Crippen LogP contribution in [0, 0.1) is 5.41 Å². The second kappa shape index (κ2) is 6.18. The molecular weight excluding hydrogens is 272 g/mol. The molecule has 2 aromatic carbocycles. The standard InChI is InChI=1S/C20H22O2/c1-5-14-11-15-9-7-8-10-17(15)18(16(14)6-2)12-20(3,4)13-19(21)22/h5-11H,1-2,12-13H2,3-4H3,(H,21,22). The van der Waals surface area contributed by atoms with E-state index in [0.29, 0.717) is 6.42 Å². The molecule has 1 N–H and O–H groups in total. The Morgan fingerprint density at radius 1 is 1.23 bits per heavy atom. The Labute approximate surface area is 131 Å². The summed E-state index contributed by atoms with van der Waals surface area (Å²) >= 11 is 0. The number of rotatable bonds is 6. The van der Waals surface area contributed by atoms with Gasteiger partial charge in [-0.25, -0.2) is 0 Å². The molecule has 0 radical (unpaired) electrons. The highest BCUT2D eigenvalue weighted by atomic mass is 16.4. The number of benzene rings is 2. The number of hydrogen-bond acceptors (Lipinski definition) is 1. The van der Waals surface area contributed by atoms with Crippen molar-refractivity contribution in [3.63, 3.8) is 0 Å². The molecule has 0 aliphatic rings. The molecule has 114 valence electrons. The van der Waals surface area contributed by atoms with Gasteiger partial charge in [0.15, 0.2) is 0 Å². The summed E-state index contributed by atoms with van der Waals surface area (Å²) in [6, 6.07) is 10.3. The lowest BCUT2D eigenvalue weighted by Gasteiger charge is -2.25. The van der Waals surface area contributed by atoms with Crippen LogP contribution in [0.4, 0.5) is 0 Å². The van der Waals surface area contributed by atoms with Crippen LogP contribution < -0.4 is 0 Å². The summed E-state index contributed by atoms with van der Waals surface area (Å²) in [5.41, 5.74) is 2.91. The topological polar surface area (TPSA) is 37.3 Å². The first-order valence-electron chi connectivity index (χ1n) is 7.39. The highest BCUT2D eigenvalue weighted by molar-refractivity contribution is 5.92. The Morgan fingerprint density at radius 3 is 2.50 bits per heavy atom. The predicted molar refractivity (Wildman–Crippen MR) is 93.9 cm³/mol. The van der Waals surface area contributed by atoms with Crippen molar-refractivity contribution in [2.75, 3.05) is 0 Å². The largest absolute Gasteiger partial charge is 0.481 e. The van der Waals surface area contributed by atoms with E-state index in [2.05, 4.69) is 31.4 Å². The highest BCUT2D eigenvalue weighted by Crippen LogP contribution is 2.34. The maximum Gasteiger partial charge on any atom is 0.303 e. The van der Waals surface area contributed by atoms with Crippen LogP contribution in [0.25, 0.3) is 22.9 Å². The van der Waals surface area contributed by atoms with Gasteiger partial charge >= 0.3 is 5.97 Å². The minimum Gasteiger partial charge on any atom is -0.481 e. The normalized spacial score (nSPS) is 11.4. The lowest BCUT2D eigenvalue weighted by molar-refractivity contribution is -0.139. The summed E-state index contributed by atoms with van der Waals surface area (Å²) in [6.45, 7) is 11.8. The maximum atomic E-state index is 11.1. The van der Waals surface area contributed by atoms with Crippen LogP contribution in [-0.4, -0.2) is 11.1 Å². The zero-order chi connectivity index (χ0) is 16.3. The average Bonchev–Trinajstić information content (AvgIpc) is 2.45. The number of hydrogen-bond donors (Lipinski definition) is 1. The molecule has 2 aromatic rings. The van der Waals surface area contributed by atoms with Crippen LogP contribution in [0.15, 0.2) is 43.5 Å². The SMILES string of the molecule is C=Cc1cc2ccccc2c(CC(C)(C)CC(=O)O)c1C=C. The highest BCUT2D eigenvalue weighted by Gasteiger charge is 2.24. The minimum atomic E-state index is -0.769.